The molecule has 50 heavy (non-hydrogen) atoms. The van der Waals surface area contributed by atoms with Crippen molar-refractivity contribution in [3.8, 4) is 5.75 Å². The van der Waals surface area contributed by atoms with E-state index in [9.17, 15) is 44.3 Å². The van der Waals surface area contributed by atoms with E-state index in [-0.39, 0.29) is 65.9 Å². The Kier molecular flexibility index (Phi) is 14.3. The molecule has 2 aromatic carbocycles. The predicted molar refractivity (Wildman–Crippen MR) is 169 cm³/mol. The zero-order valence-electron chi connectivity index (χ0n) is 26.4. The predicted octanol–water partition coefficient (Wildman–Crippen LogP) is 8.35. The summed E-state index contributed by atoms with van der Waals surface area (Å²) in [5.74, 6) is -1.05. The van der Waals surface area contributed by atoms with E-state index in [1.54, 1.807) is 0 Å². The van der Waals surface area contributed by atoms with Gasteiger partial charge in [-0.05, 0) is 73.2 Å². The first kappa shape index (κ1) is 41.2. The van der Waals surface area contributed by atoms with Gasteiger partial charge in [0.25, 0.3) is 0 Å². The van der Waals surface area contributed by atoms with E-state index in [1.165, 1.54) is 11.0 Å². The van der Waals surface area contributed by atoms with Gasteiger partial charge < -0.3 is 19.6 Å². The van der Waals surface area contributed by atoms with Crippen LogP contribution in [0.15, 0.2) is 48.8 Å². The first-order chi connectivity index (χ1) is 22.9. The summed E-state index contributed by atoms with van der Waals surface area (Å²) in [5, 5.41) is 8.84. The molecule has 0 unspecified atom stereocenters. The summed E-state index contributed by atoms with van der Waals surface area (Å²) in [6, 6.07) is 4.26. The number of anilines is 2. The molecule has 0 aliphatic heterocycles. The van der Waals surface area contributed by atoms with E-state index in [4.69, 9.17) is 9.84 Å². The molecule has 1 aromatic heterocycles. The first-order valence-corrected chi connectivity index (χ1v) is 15.6. The molecular weight excluding hydrogens is 694 g/mol. The molecule has 0 bridgehead atoms. The molecule has 0 saturated heterocycles. The van der Waals surface area contributed by atoms with E-state index in [1.807, 2.05) is 11.8 Å². The van der Waals surface area contributed by atoms with Gasteiger partial charge in [-0.25, -0.2) is 9.97 Å². The molecule has 1 fully saturated rings. The fourth-order valence-corrected chi connectivity index (χ4v) is 5.81. The van der Waals surface area contributed by atoms with Crippen LogP contribution >= 0.6 is 0 Å². The quantitative estimate of drug-likeness (QED) is 0.140. The third-order valence-corrected chi connectivity index (χ3v) is 8.20. The molecule has 1 heterocycles. The van der Waals surface area contributed by atoms with Gasteiger partial charge in [-0.1, -0.05) is 19.3 Å². The summed E-state index contributed by atoms with van der Waals surface area (Å²) in [5.41, 5.74) is -3.98. The first-order valence-electron chi connectivity index (χ1n) is 15.6. The van der Waals surface area contributed by atoms with Crippen molar-refractivity contribution >= 4 is 47.2 Å². The number of aliphatic carboxylic acids is 1. The van der Waals surface area contributed by atoms with Gasteiger partial charge in [-0.15, -0.1) is 0 Å². The molecule has 17 heteroatoms. The summed E-state index contributed by atoms with van der Waals surface area (Å²) >= 11 is 0. The molecule has 1 aliphatic carbocycles. The van der Waals surface area contributed by atoms with E-state index in [2.05, 4.69) is 9.97 Å². The standard InChI is InChI=1S/C33H35F9N4O3.Na.H/c1-2-45(18-21-6-4-3-5-7-21)28-9-8-24(31(34,35)36)14-23(28)20-46(30-43-16-27(17-44-30)49-11-10-29(47)48)19-22-12-25(32(37,38)39)15-26(13-22)33(40,41)42;;/h8-9,12-17,21H,2-7,10-11,18-20H2,1H3,(H,47,48);;. The van der Waals surface area contributed by atoms with Crippen molar-refractivity contribution in [3.05, 3.63) is 76.6 Å². The monoisotopic (exact) mass is 730 g/mol. The normalized spacial score (nSPS) is 14.2. The summed E-state index contributed by atoms with van der Waals surface area (Å²) < 4.78 is 129. The second kappa shape index (κ2) is 17.3. The number of ether oxygens (including phenoxy) is 1. The number of benzene rings is 2. The van der Waals surface area contributed by atoms with E-state index in [0.717, 1.165) is 56.6 Å². The minimum absolute atomic E-state index is 0. The van der Waals surface area contributed by atoms with Crippen LogP contribution < -0.4 is 14.5 Å². The van der Waals surface area contributed by atoms with Crippen LogP contribution in [0.2, 0.25) is 0 Å². The number of aromatic nitrogens is 2. The molecule has 0 atom stereocenters. The Labute approximate surface area is 305 Å². The van der Waals surface area contributed by atoms with Crippen LogP contribution in [0.3, 0.4) is 0 Å². The summed E-state index contributed by atoms with van der Waals surface area (Å²) in [6.45, 7) is 1.52. The fraction of sp³-hybridized carbons (Fsp3) is 0.485. The van der Waals surface area contributed by atoms with Crippen LogP contribution in [-0.4, -0.2) is 70.3 Å². The van der Waals surface area contributed by atoms with Crippen molar-refractivity contribution in [1.29, 1.82) is 0 Å². The maximum atomic E-state index is 14.0. The molecule has 4 rings (SSSR count). The average Bonchev–Trinajstić information content (AvgIpc) is 3.03. The van der Waals surface area contributed by atoms with Crippen LogP contribution in [0.5, 0.6) is 5.75 Å². The zero-order valence-corrected chi connectivity index (χ0v) is 26.4. The summed E-state index contributed by atoms with van der Waals surface area (Å²) in [7, 11) is 0. The summed E-state index contributed by atoms with van der Waals surface area (Å²) in [6.07, 6.45) is -8.04. The Balaban J connectivity index is 0.00000676. The van der Waals surface area contributed by atoms with Crippen molar-refractivity contribution in [2.75, 3.05) is 29.5 Å². The van der Waals surface area contributed by atoms with Gasteiger partial charge in [0.2, 0.25) is 5.95 Å². The van der Waals surface area contributed by atoms with Crippen LogP contribution in [-0.2, 0) is 36.4 Å². The maximum absolute atomic E-state index is 14.0. The number of halogens is 9. The molecule has 3 aromatic rings. The van der Waals surface area contributed by atoms with Gasteiger partial charge in [0, 0.05) is 31.9 Å². The number of alkyl halides is 9. The molecule has 7 nitrogen and oxygen atoms in total. The van der Waals surface area contributed by atoms with E-state index < -0.39 is 59.8 Å². The third-order valence-electron chi connectivity index (χ3n) is 8.20. The van der Waals surface area contributed by atoms with Gasteiger partial charge in [0.1, 0.15) is 0 Å². The number of hydrogen-bond acceptors (Lipinski definition) is 6. The SMILES string of the molecule is CCN(CC1CCCCC1)c1ccc(C(F)(F)F)cc1CN(Cc1cc(C(F)(F)F)cc(C(F)(F)F)c1)c1ncc(OCCC(=O)O)cn1.[NaH]. The van der Waals surface area contributed by atoms with Crippen LogP contribution in [0.25, 0.3) is 0 Å². The molecule has 270 valence electrons. The molecule has 1 N–H and O–H groups in total. The molecule has 0 spiro atoms. The topological polar surface area (TPSA) is 78.8 Å². The van der Waals surface area contributed by atoms with Gasteiger partial charge in [-0.3, -0.25) is 4.79 Å². The Morgan fingerprint density at radius 1 is 0.820 bits per heavy atom. The molecule has 1 saturated carbocycles. The van der Waals surface area contributed by atoms with Gasteiger partial charge in [-0.2, -0.15) is 39.5 Å². The second-order valence-corrected chi connectivity index (χ2v) is 11.9. The molecular formula is C33H36F9N4NaO3. The van der Waals surface area contributed by atoms with Crippen LogP contribution in [0, 0.1) is 5.92 Å². The number of rotatable bonds is 13. The Bertz CT molecular complexity index is 1530. The van der Waals surface area contributed by atoms with Crippen LogP contribution in [0.1, 0.15) is 73.3 Å². The van der Waals surface area contributed by atoms with Crippen molar-refractivity contribution in [3.63, 3.8) is 0 Å². The zero-order chi connectivity index (χ0) is 36.0. The van der Waals surface area contributed by atoms with Crippen molar-refractivity contribution in [2.45, 2.75) is 77.1 Å². The molecule has 0 radical (unpaired) electrons. The molecule has 1 aliphatic rings. The Morgan fingerprint density at radius 3 is 1.92 bits per heavy atom. The number of carboxylic acid groups (broad SMARTS) is 1. The Hall–Kier alpha value is -3.24. The number of carboxylic acids is 1. The minimum atomic E-state index is -5.12. The van der Waals surface area contributed by atoms with Crippen molar-refractivity contribution < 1.29 is 54.2 Å². The van der Waals surface area contributed by atoms with Crippen molar-refractivity contribution in [1.82, 2.24) is 9.97 Å². The van der Waals surface area contributed by atoms with Gasteiger partial charge >= 0.3 is 54.1 Å². The number of hydrogen-bond donors (Lipinski definition) is 1. The van der Waals surface area contributed by atoms with E-state index >= 15 is 0 Å². The van der Waals surface area contributed by atoms with Gasteiger partial charge in [0.15, 0.2) is 5.75 Å². The van der Waals surface area contributed by atoms with Crippen molar-refractivity contribution in [2.24, 2.45) is 5.92 Å². The number of carbonyl (C=O) groups is 1. The second-order valence-electron chi connectivity index (χ2n) is 11.9. The summed E-state index contributed by atoms with van der Waals surface area (Å²) in [4.78, 5) is 22.2. The van der Waals surface area contributed by atoms with Gasteiger partial charge in [0.05, 0.1) is 42.1 Å². The number of nitrogens with zero attached hydrogens (tertiary/aromatic N) is 4. The van der Waals surface area contributed by atoms with E-state index in [0.29, 0.717) is 36.8 Å². The third kappa shape index (κ3) is 11.7. The fourth-order valence-electron chi connectivity index (χ4n) is 5.81. The average molecular weight is 731 g/mol. The van der Waals surface area contributed by atoms with Crippen LogP contribution in [0.4, 0.5) is 51.1 Å². The molecule has 0 amide bonds. The Morgan fingerprint density at radius 2 is 1.40 bits per heavy atom.